The Morgan fingerprint density at radius 3 is 1.27 bits per heavy atom. The topological polar surface area (TPSA) is 48.5 Å². The molecule has 10 aromatic carbocycles. The molecular weight excluding hydrogens is 899 g/mol. The molecule has 0 unspecified atom stereocenters. The van der Waals surface area contributed by atoms with E-state index in [2.05, 4.69) is 258 Å². The van der Waals surface area contributed by atoms with Crippen molar-refractivity contribution >= 4 is 49.7 Å². The van der Waals surface area contributed by atoms with E-state index in [1.807, 2.05) is 24.3 Å². The maximum absolute atomic E-state index is 5.37. The molecule has 0 bridgehead atoms. The van der Waals surface area contributed by atoms with Crippen LogP contribution in [0.1, 0.15) is 5.56 Å². The molecule has 0 atom stereocenters. The van der Waals surface area contributed by atoms with Crippen LogP contribution in [0.3, 0.4) is 0 Å². The predicted molar refractivity (Wildman–Crippen MR) is 309 cm³/mol. The van der Waals surface area contributed by atoms with Crippen molar-refractivity contribution in [3.05, 3.63) is 279 Å². The number of aromatic nitrogens is 5. The first-order chi connectivity index (χ1) is 36.7. The smallest absolute Gasteiger partial charge is 0.164 e. The number of hydrogen-bond acceptors (Lipinski definition) is 3. The Hall–Kier alpha value is -9.97. The maximum atomic E-state index is 5.37. The van der Waals surface area contributed by atoms with Crippen molar-refractivity contribution < 1.29 is 0 Å². The fraction of sp³-hybridized carbons (Fsp3) is 0. The molecule has 0 aliphatic rings. The van der Waals surface area contributed by atoms with Gasteiger partial charge in [-0.2, -0.15) is 0 Å². The summed E-state index contributed by atoms with van der Waals surface area (Å²) in [5.41, 5.74) is 16.9. The molecule has 0 N–H and O–H groups in total. The highest BCUT2D eigenvalue weighted by atomic mass is 15.1. The van der Waals surface area contributed by atoms with Crippen molar-refractivity contribution in [2.45, 2.75) is 0 Å². The molecule has 3 aromatic heterocycles. The van der Waals surface area contributed by atoms with Crippen LogP contribution in [0.4, 0.5) is 0 Å². The first kappa shape index (κ1) is 44.0. The van der Waals surface area contributed by atoms with Crippen molar-refractivity contribution in [1.29, 1.82) is 0 Å². The zero-order valence-electron chi connectivity index (χ0n) is 40.4. The quantitative estimate of drug-likeness (QED) is 0.121. The van der Waals surface area contributed by atoms with Crippen LogP contribution in [-0.4, -0.2) is 24.1 Å². The van der Waals surface area contributed by atoms with E-state index in [1.54, 1.807) is 6.08 Å². The van der Waals surface area contributed by atoms with Crippen LogP contribution in [0, 0.1) is 0 Å². The van der Waals surface area contributed by atoms with Gasteiger partial charge in [-0.1, -0.05) is 243 Å². The third kappa shape index (κ3) is 7.90. The lowest BCUT2D eigenvalue weighted by atomic mass is 9.95. The van der Waals surface area contributed by atoms with Gasteiger partial charge in [0, 0.05) is 49.5 Å². The van der Waals surface area contributed by atoms with E-state index in [-0.39, 0.29) is 0 Å². The Balaban J connectivity index is 1.10. The second kappa shape index (κ2) is 19.0. The third-order valence-corrected chi connectivity index (χ3v) is 14.0. The Morgan fingerprint density at radius 1 is 0.324 bits per heavy atom. The summed E-state index contributed by atoms with van der Waals surface area (Å²) in [5.74, 6) is 1.75. The molecule has 74 heavy (non-hydrogen) atoms. The van der Waals surface area contributed by atoms with E-state index in [1.165, 1.54) is 21.5 Å². The summed E-state index contributed by atoms with van der Waals surface area (Å²) in [6.07, 6.45) is 10.1. The molecule has 13 rings (SSSR count). The van der Waals surface area contributed by atoms with Crippen LogP contribution in [-0.2, 0) is 0 Å². The van der Waals surface area contributed by atoms with E-state index < -0.39 is 0 Å². The summed E-state index contributed by atoms with van der Waals surface area (Å²) in [6.45, 7) is 3.98. The van der Waals surface area contributed by atoms with E-state index in [0.29, 0.717) is 17.5 Å². The zero-order chi connectivity index (χ0) is 49.4. The van der Waals surface area contributed by atoms with E-state index in [4.69, 9.17) is 15.0 Å². The Morgan fingerprint density at radius 2 is 0.743 bits per heavy atom. The molecule has 0 spiro atoms. The fourth-order valence-electron chi connectivity index (χ4n) is 10.5. The molecule has 13 aromatic rings. The lowest BCUT2D eigenvalue weighted by Crippen LogP contribution is -2.05. The van der Waals surface area contributed by atoms with Gasteiger partial charge in [-0.05, 0) is 69.8 Å². The summed E-state index contributed by atoms with van der Waals surface area (Å²) < 4.78 is 4.94. The highest BCUT2D eigenvalue weighted by Gasteiger charge is 2.25. The lowest BCUT2D eigenvalue weighted by molar-refractivity contribution is 1.07. The van der Waals surface area contributed by atoms with Crippen molar-refractivity contribution in [2.24, 2.45) is 0 Å². The lowest BCUT2D eigenvalue weighted by Gasteiger charge is -2.20. The molecule has 5 nitrogen and oxygen atoms in total. The van der Waals surface area contributed by atoms with Gasteiger partial charge in [0.05, 0.1) is 27.8 Å². The fourth-order valence-corrected chi connectivity index (χ4v) is 10.5. The average molecular weight is 946 g/mol. The number of allylic oxidation sites excluding steroid dienone is 4. The first-order valence-corrected chi connectivity index (χ1v) is 25.0. The second-order valence-corrected chi connectivity index (χ2v) is 18.4. The SMILES string of the molecule is C=C/C=C\C=C\c1cc(-c2nc(-c3ccc(-c4ccccc4)cc3)nc(-c3ccc(-c4ccccc4)cc3)n2)cc(-c2ccccc2)c1-n1c2ccccc2c2ccc3c4ccccc4n(-c4ccccc4)c3c21. The predicted octanol–water partition coefficient (Wildman–Crippen LogP) is 17.8. The van der Waals surface area contributed by atoms with Crippen LogP contribution in [0.2, 0.25) is 0 Å². The van der Waals surface area contributed by atoms with Crippen molar-refractivity contribution in [1.82, 2.24) is 24.1 Å². The number of rotatable bonds is 11. The van der Waals surface area contributed by atoms with E-state index in [9.17, 15) is 0 Å². The summed E-state index contributed by atoms with van der Waals surface area (Å²) in [5, 5.41) is 4.72. The van der Waals surface area contributed by atoms with E-state index in [0.717, 1.165) is 89.1 Å². The van der Waals surface area contributed by atoms with Gasteiger partial charge in [-0.15, -0.1) is 0 Å². The van der Waals surface area contributed by atoms with Crippen LogP contribution < -0.4 is 0 Å². The minimum absolute atomic E-state index is 0.568. The summed E-state index contributed by atoms with van der Waals surface area (Å²) in [4.78, 5) is 16.0. The molecule has 0 saturated carbocycles. The highest BCUT2D eigenvalue weighted by Crippen LogP contribution is 2.45. The van der Waals surface area contributed by atoms with Crippen molar-refractivity contribution in [3.8, 4) is 78.9 Å². The van der Waals surface area contributed by atoms with Gasteiger partial charge >= 0.3 is 0 Å². The number of para-hydroxylation sites is 3. The zero-order valence-corrected chi connectivity index (χ0v) is 40.4. The van der Waals surface area contributed by atoms with Crippen molar-refractivity contribution in [3.63, 3.8) is 0 Å². The van der Waals surface area contributed by atoms with Gasteiger partial charge in [0.2, 0.25) is 0 Å². The number of benzene rings is 10. The van der Waals surface area contributed by atoms with Gasteiger partial charge in [-0.3, -0.25) is 0 Å². The summed E-state index contributed by atoms with van der Waals surface area (Å²) >= 11 is 0. The molecule has 0 aliphatic carbocycles. The van der Waals surface area contributed by atoms with Gasteiger partial charge in [0.25, 0.3) is 0 Å². The number of hydrogen-bond donors (Lipinski definition) is 0. The Kier molecular flexibility index (Phi) is 11.3. The second-order valence-electron chi connectivity index (χ2n) is 18.4. The minimum Gasteiger partial charge on any atom is -0.307 e. The number of nitrogens with zero attached hydrogens (tertiary/aromatic N) is 5. The maximum Gasteiger partial charge on any atom is 0.164 e. The standard InChI is InChI=1S/C69H47N5/c1-2-3-4-9-28-54-45-55(69-71-67(52-39-35-49(36-40-52)47-22-10-5-11-23-47)70-68(72-69)53-41-37-50(38-42-53)48-24-12-6-13-25-48)46-61(51-26-14-7-15-27-51)64(54)74-63-34-21-19-32-58(63)60-44-43-59-57-31-18-20-33-62(57)73(65(59)66(60)74)56-29-16-8-17-30-56/h2-46H,1H2/b4-3-,28-9+. The minimum atomic E-state index is 0.568. The molecular formula is C69H47N5. The molecule has 0 aliphatic heterocycles. The molecule has 0 fully saturated rings. The molecule has 348 valence electrons. The summed E-state index contributed by atoms with van der Waals surface area (Å²) in [7, 11) is 0. The Bertz CT molecular complexity index is 4160. The van der Waals surface area contributed by atoms with Gasteiger partial charge in [0.1, 0.15) is 0 Å². The molecule has 0 saturated heterocycles. The van der Waals surface area contributed by atoms with Crippen LogP contribution in [0.15, 0.2) is 274 Å². The van der Waals surface area contributed by atoms with E-state index >= 15 is 0 Å². The van der Waals surface area contributed by atoms with Gasteiger partial charge in [-0.25, -0.2) is 15.0 Å². The number of fused-ring (bicyclic) bond motifs is 7. The average Bonchev–Trinajstić information content (AvgIpc) is 4.03. The molecule has 0 amide bonds. The molecule has 5 heteroatoms. The highest BCUT2D eigenvalue weighted by molar-refractivity contribution is 6.24. The molecule has 3 heterocycles. The Labute approximate surface area is 429 Å². The molecule has 0 radical (unpaired) electrons. The van der Waals surface area contributed by atoms with Crippen molar-refractivity contribution in [2.75, 3.05) is 0 Å². The first-order valence-electron chi connectivity index (χ1n) is 25.0. The largest absolute Gasteiger partial charge is 0.307 e. The monoisotopic (exact) mass is 945 g/mol. The van der Waals surface area contributed by atoms with Crippen LogP contribution in [0.25, 0.3) is 129 Å². The van der Waals surface area contributed by atoms with Crippen LogP contribution >= 0.6 is 0 Å². The third-order valence-electron chi connectivity index (χ3n) is 14.0. The normalized spacial score (nSPS) is 11.7. The summed E-state index contributed by atoms with van der Waals surface area (Å²) in [6, 6.07) is 86.0. The van der Waals surface area contributed by atoms with Gasteiger partial charge < -0.3 is 9.13 Å². The van der Waals surface area contributed by atoms with Gasteiger partial charge in [0.15, 0.2) is 17.5 Å². The van der Waals surface area contributed by atoms with Crippen LogP contribution in [0.5, 0.6) is 0 Å².